The summed E-state index contributed by atoms with van der Waals surface area (Å²) in [6, 6.07) is 17.9. The maximum Gasteiger partial charge on any atom is 0.223 e. The molecular formula is C20H24N2O. The van der Waals surface area contributed by atoms with Crippen molar-refractivity contribution >= 4 is 11.6 Å². The Morgan fingerprint density at radius 3 is 2.43 bits per heavy atom. The minimum Gasteiger partial charge on any atom is -0.399 e. The number of nitrogens with zero attached hydrogens (tertiary/aromatic N) is 1. The van der Waals surface area contributed by atoms with Crippen LogP contribution in [0.15, 0.2) is 67.3 Å². The van der Waals surface area contributed by atoms with Crippen molar-refractivity contribution in [3.05, 3.63) is 78.4 Å². The Morgan fingerprint density at radius 2 is 1.74 bits per heavy atom. The van der Waals surface area contributed by atoms with Crippen LogP contribution in [-0.2, 0) is 17.6 Å². The molecule has 0 fully saturated rings. The first-order valence-corrected chi connectivity index (χ1v) is 7.96. The smallest absolute Gasteiger partial charge is 0.223 e. The van der Waals surface area contributed by atoms with Crippen LogP contribution in [0.4, 0.5) is 5.69 Å². The quantitative estimate of drug-likeness (QED) is 0.599. The highest BCUT2D eigenvalue weighted by Gasteiger charge is 2.12. The van der Waals surface area contributed by atoms with Gasteiger partial charge in [-0.25, -0.2) is 0 Å². The van der Waals surface area contributed by atoms with Gasteiger partial charge < -0.3 is 10.6 Å². The Balaban J connectivity index is 1.90. The van der Waals surface area contributed by atoms with E-state index >= 15 is 0 Å². The third-order valence-electron chi connectivity index (χ3n) is 3.88. The van der Waals surface area contributed by atoms with Crippen LogP contribution in [0.5, 0.6) is 0 Å². The second-order valence-corrected chi connectivity index (χ2v) is 5.56. The summed E-state index contributed by atoms with van der Waals surface area (Å²) in [5, 5.41) is 0. The average molecular weight is 308 g/mol. The van der Waals surface area contributed by atoms with Crippen LogP contribution in [0.1, 0.15) is 17.5 Å². The summed E-state index contributed by atoms with van der Waals surface area (Å²) in [5.74, 6) is 0.143. The minimum atomic E-state index is 0.143. The summed E-state index contributed by atoms with van der Waals surface area (Å²) < 4.78 is 0. The molecule has 2 rings (SSSR count). The zero-order chi connectivity index (χ0) is 16.5. The first-order valence-electron chi connectivity index (χ1n) is 7.96. The van der Waals surface area contributed by atoms with Gasteiger partial charge in [0.05, 0.1) is 0 Å². The molecule has 0 aliphatic carbocycles. The number of benzene rings is 2. The van der Waals surface area contributed by atoms with Gasteiger partial charge >= 0.3 is 0 Å². The zero-order valence-corrected chi connectivity index (χ0v) is 13.4. The number of hydrogen-bond donors (Lipinski definition) is 1. The molecule has 0 heterocycles. The molecule has 0 aliphatic rings. The molecule has 3 heteroatoms. The summed E-state index contributed by atoms with van der Waals surface area (Å²) in [7, 11) is 0. The fourth-order valence-electron chi connectivity index (χ4n) is 2.54. The molecule has 0 unspecified atom stereocenters. The largest absolute Gasteiger partial charge is 0.399 e. The lowest BCUT2D eigenvalue weighted by atomic mass is 10.1. The number of para-hydroxylation sites is 1. The molecule has 0 aromatic heterocycles. The molecule has 0 atom stereocenters. The topological polar surface area (TPSA) is 46.3 Å². The monoisotopic (exact) mass is 308 g/mol. The summed E-state index contributed by atoms with van der Waals surface area (Å²) in [6.45, 7) is 5.04. The van der Waals surface area contributed by atoms with Crippen molar-refractivity contribution in [2.24, 2.45) is 0 Å². The molecule has 2 aromatic carbocycles. The van der Waals surface area contributed by atoms with Crippen LogP contribution in [0.2, 0.25) is 0 Å². The van der Waals surface area contributed by atoms with Crippen molar-refractivity contribution in [1.29, 1.82) is 0 Å². The lowest BCUT2D eigenvalue weighted by molar-refractivity contribution is -0.130. The molecule has 23 heavy (non-hydrogen) atoms. The van der Waals surface area contributed by atoms with Crippen LogP contribution < -0.4 is 5.73 Å². The first-order chi connectivity index (χ1) is 11.2. The summed E-state index contributed by atoms with van der Waals surface area (Å²) in [6.07, 6.45) is 3.77. The highest BCUT2D eigenvalue weighted by molar-refractivity contribution is 5.77. The highest BCUT2D eigenvalue weighted by atomic mass is 16.2. The Hall–Kier alpha value is -2.55. The van der Waals surface area contributed by atoms with Gasteiger partial charge in [-0.1, -0.05) is 54.6 Å². The second kappa shape index (κ2) is 8.79. The fourth-order valence-corrected chi connectivity index (χ4v) is 2.54. The van der Waals surface area contributed by atoms with E-state index in [-0.39, 0.29) is 5.91 Å². The number of amides is 1. The lowest BCUT2D eigenvalue weighted by Crippen LogP contribution is -2.33. The van der Waals surface area contributed by atoms with Crippen molar-refractivity contribution < 1.29 is 4.79 Å². The number of anilines is 1. The predicted molar refractivity (Wildman–Crippen MR) is 96.1 cm³/mol. The molecule has 1 amide bonds. The molecule has 0 aliphatic heterocycles. The van der Waals surface area contributed by atoms with Crippen molar-refractivity contribution in [2.45, 2.75) is 19.3 Å². The van der Waals surface area contributed by atoms with Crippen molar-refractivity contribution in [3.63, 3.8) is 0 Å². The number of carbonyl (C=O) groups is 1. The van der Waals surface area contributed by atoms with E-state index in [9.17, 15) is 4.79 Å². The number of hydrogen-bond acceptors (Lipinski definition) is 2. The molecule has 0 radical (unpaired) electrons. The molecule has 0 bridgehead atoms. The van der Waals surface area contributed by atoms with E-state index in [4.69, 9.17) is 5.73 Å². The van der Waals surface area contributed by atoms with Gasteiger partial charge in [0.15, 0.2) is 0 Å². The first kappa shape index (κ1) is 16.8. The van der Waals surface area contributed by atoms with E-state index < -0.39 is 0 Å². The Labute approximate surface area is 138 Å². The zero-order valence-electron chi connectivity index (χ0n) is 13.4. The molecule has 2 aromatic rings. The molecule has 0 saturated carbocycles. The van der Waals surface area contributed by atoms with Crippen molar-refractivity contribution in [3.8, 4) is 0 Å². The van der Waals surface area contributed by atoms with E-state index in [1.165, 1.54) is 5.56 Å². The van der Waals surface area contributed by atoms with Crippen LogP contribution >= 0.6 is 0 Å². The lowest BCUT2D eigenvalue weighted by Gasteiger charge is -2.21. The summed E-state index contributed by atoms with van der Waals surface area (Å²) >= 11 is 0. The van der Waals surface area contributed by atoms with Gasteiger partial charge in [-0.05, 0) is 30.0 Å². The van der Waals surface area contributed by atoms with E-state index in [1.807, 2.05) is 47.4 Å². The number of carbonyl (C=O) groups excluding carboxylic acids is 1. The van der Waals surface area contributed by atoms with Gasteiger partial charge in [-0.15, -0.1) is 6.58 Å². The number of nitrogens with two attached hydrogens (primary N) is 1. The Morgan fingerprint density at radius 1 is 1.04 bits per heavy atom. The SMILES string of the molecule is C=CCN(CCc1ccccc1)C(=O)CCc1ccccc1N. The van der Waals surface area contributed by atoms with E-state index in [1.54, 1.807) is 6.08 Å². The molecule has 0 saturated heterocycles. The Kier molecular flexibility index (Phi) is 6.42. The number of aryl methyl sites for hydroxylation is 1. The van der Waals surface area contributed by atoms with E-state index in [0.717, 1.165) is 17.7 Å². The molecule has 2 N–H and O–H groups in total. The third-order valence-corrected chi connectivity index (χ3v) is 3.88. The van der Waals surface area contributed by atoms with Gasteiger partial charge in [0.1, 0.15) is 0 Å². The Bertz CT molecular complexity index is 637. The maximum absolute atomic E-state index is 12.5. The average Bonchev–Trinajstić information content (AvgIpc) is 2.58. The maximum atomic E-state index is 12.5. The normalized spacial score (nSPS) is 10.3. The van der Waals surface area contributed by atoms with Gasteiger partial charge in [0.25, 0.3) is 0 Å². The number of nitrogen functional groups attached to an aromatic ring is 1. The minimum absolute atomic E-state index is 0.143. The van der Waals surface area contributed by atoms with Gasteiger partial charge in [-0.3, -0.25) is 4.79 Å². The van der Waals surface area contributed by atoms with Gasteiger partial charge in [-0.2, -0.15) is 0 Å². The van der Waals surface area contributed by atoms with Crippen molar-refractivity contribution in [2.75, 3.05) is 18.8 Å². The molecular weight excluding hydrogens is 284 g/mol. The fraction of sp³-hybridized carbons (Fsp3) is 0.250. The van der Waals surface area contributed by atoms with E-state index in [0.29, 0.717) is 25.9 Å². The van der Waals surface area contributed by atoms with Crippen LogP contribution in [-0.4, -0.2) is 23.9 Å². The molecule has 3 nitrogen and oxygen atoms in total. The van der Waals surface area contributed by atoms with Gasteiger partial charge in [0.2, 0.25) is 5.91 Å². The predicted octanol–water partition coefficient (Wildman–Crippen LogP) is 3.46. The van der Waals surface area contributed by atoms with Crippen LogP contribution in [0.25, 0.3) is 0 Å². The second-order valence-electron chi connectivity index (χ2n) is 5.56. The standard InChI is InChI=1S/C20H24N2O/c1-2-15-22(16-14-17-8-4-3-5-9-17)20(23)13-12-18-10-6-7-11-19(18)21/h2-11H,1,12-16,21H2. The highest BCUT2D eigenvalue weighted by Crippen LogP contribution is 2.13. The van der Waals surface area contributed by atoms with E-state index in [2.05, 4.69) is 18.7 Å². The summed E-state index contributed by atoms with van der Waals surface area (Å²) in [4.78, 5) is 14.3. The van der Waals surface area contributed by atoms with Crippen molar-refractivity contribution in [1.82, 2.24) is 4.90 Å². The third kappa shape index (κ3) is 5.29. The summed E-state index contributed by atoms with van der Waals surface area (Å²) in [5.41, 5.74) is 8.95. The molecule has 120 valence electrons. The molecule has 0 spiro atoms. The van der Waals surface area contributed by atoms with Crippen LogP contribution in [0, 0.1) is 0 Å². The van der Waals surface area contributed by atoms with Crippen LogP contribution in [0.3, 0.4) is 0 Å². The number of rotatable bonds is 8. The van der Waals surface area contributed by atoms with Gasteiger partial charge in [0, 0.05) is 25.2 Å².